The fourth-order valence-corrected chi connectivity index (χ4v) is 2.90. The number of hydrogen-bond acceptors (Lipinski definition) is 4. The highest BCUT2D eigenvalue weighted by Gasteiger charge is 2.24. The van der Waals surface area contributed by atoms with E-state index in [0.717, 1.165) is 5.56 Å². The summed E-state index contributed by atoms with van der Waals surface area (Å²) >= 11 is 0. The molecule has 1 fully saturated rings. The molecule has 0 atom stereocenters. The van der Waals surface area contributed by atoms with Crippen LogP contribution in [0.25, 0.3) is 0 Å². The van der Waals surface area contributed by atoms with Crippen molar-refractivity contribution in [3.8, 4) is 5.75 Å². The molecule has 2 amide bonds. The Morgan fingerprint density at radius 2 is 1.60 bits per heavy atom. The number of phenols is 1. The number of nitrogen functional groups attached to an aromatic ring is 1. The van der Waals surface area contributed by atoms with E-state index >= 15 is 0 Å². The molecule has 0 unspecified atom stereocenters. The van der Waals surface area contributed by atoms with E-state index in [0.29, 0.717) is 43.9 Å². The predicted octanol–water partition coefficient (Wildman–Crippen LogP) is 1.50. The lowest BCUT2D eigenvalue weighted by atomic mass is 10.1. The van der Waals surface area contributed by atoms with Crippen molar-refractivity contribution in [2.24, 2.45) is 0 Å². The number of carbonyl (C=O) groups is 2. The van der Waals surface area contributed by atoms with Crippen molar-refractivity contribution in [2.75, 3.05) is 31.9 Å². The molecule has 1 aliphatic rings. The quantitative estimate of drug-likeness (QED) is 0.830. The molecule has 1 aliphatic heterocycles. The van der Waals surface area contributed by atoms with Gasteiger partial charge in [-0.05, 0) is 35.9 Å². The summed E-state index contributed by atoms with van der Waals surface area (Å²) in [4.78, 5) is 28.3. The number of piperazine rings is 1. The third kappa shape index (κ3) is 4.09. The lowest BCUT2D eigenvalue weighted by Gasteiger charge is -2.35. The van der Waals surface area contributed by atoms with Crippen LogP contribution < -0.4 is 5.73 Å². The van der Waals surface area contributed by atoms with Crippen molar-refractivity contribution in [3.05, 3.63) is 59.7 Å². The molecule has 2 aromatic carbocycles. The molecule has 1 heterocycles. The molecular formula is C19H21N3O3. The maximum Gasteiger partial charge on any atom is 0.254 e. The third-order valence-electron chi connectivity index (χ3n) is 4.35. The Hall–Kier alpha value is -3.02. The van der Waals surface area contributed by atoms with Crippen molar-refractivity contribution >= 4 is 17.5 Å². The van der Waals surface area contributed by atoms with Crippen LogP contribution in [0.5, 0.6) is 5.75 Å². The Morgan fingerprint density at radius 3 is 2.24 bits per heavy atom. The van der Waals surface area contributed by atoms with Crippen LogP contribution in [0.3, 0.4) is 0 Å². The largest absolute Gasteiger partial charge is 0.508 e. The summed E-state index contributed by atoms with van der Waals surface area (Å²) in [5.41, 5.74) is 7.72. The predicted molar refractivity (Wildman–Crippen MR) is 95.1 cm³/mol. The van der Waals surface area contributed by atoms with Gasteiger partial charge in [-0.2, -0.15) is 0 Å². The van der Waals surface area contributed by atoms with Gasteiger partial charge in [0, 0.05) is 37.4 Å². The Balaban J connectivity index is 1.55. The standard InChI is InChI=1S/C19H21N3O3/c20-16-6-4-14(5-7-16)12-18(24)21-8-10-22(11-9-21)19(25)15-2-1-3-17(23)13-15/h1-7,13,23H,8-12,20H2. The van der Waals surface area contributed by atoms with E-state index in [1.807, 2.05) is 12.1 Å². The zero-order valence-corrected chi connectivity index (χ0v) is 13.9. The molecule has 0 spiro atoms. The van der Waals surface area contributed by atoms with Crippen LogP contribution in [0.1, 0.15) is 15.9 Å². The maximum atomic E-state index is 12.5. The zero-order valence-electron chi connectivity index (χ0n) is 13.9. The first kappa shape index (κ1) is 16.8. The second-order valence-electron chi connectivity index (χ2n) is 6.14. The minimum atomic E-state index is -0.124. The summed E-state index contributed by atoms with van der Waals surface area (Å²) in [6.45, 7) is 2.00. The van der Waals surface area contributed by atoms with Gasteiger partial charge >= 0.3 is 0 Å². The van der Waals surface area contributed by atoms with E-state index in [9.17, 15) is 14.7 Å². The molecule has 2 aromatic rings. The van der Waals surface area contributed by atoms with E-state index in [4.69, 9.17) is 5.73 Å². The number of anilines is 1. The van der Waals surface area contributed by atoms with Crippen molar-refractivity contribution in [1.82, 2.24) is 9.80 Å². The molecule has 3 rings (SSSR count). The Bertz CT molecular complexity index is 766. The van der Waals surface area contributed by atoms with Crippen LogP contribution in [0.2, 0.25) is 0 Å². The van der Waals surface area contributed by atoms with E-state index in [1.165, 1.54) is 12.1 Å². The van der Waals surface area contributed by atoms with Crippen LogP contribution in [-0.2, 0) is 11.2 Å². The molecular weight excluding hydrogens is 318 g/mol. The molecule has 25 heavy (non-hydrogen) atoms. The van der Waals surface area contributed by atoms with E-state index in [2.05, 4.69) is 0 Å². The Labute approximate surface area is 146 Å². The second kappa shape index (κ2) is 7.25. The Kier molecular flexibility index (Phi) is 4.88. The average molecular weight is 339 g/mol. The van der Waals surface area contributed by atoms with Gasteiger partial charge in [-0.15, -0.1) is 0 Å². The number of nitrogens with two attached hydrogens (primary N) is 1. The molecule has 6 heteroatoms. The number of aromatic hydroxyl groups is 1. The fraction of sp³-hybridized carbons (Fsp3) is 0.263. The van der Waals surface area contributed by atoms with Gasteiger partial charge < -0.3 is 20.6 Å². The number of phenolic OH excluding ortho intramolecular Hbond substituents is 1. The average Bonchev–Trinajstić information content (AvgIpc) is 2.63. The van der Waals surface area contributed by atoms with Crippen LogP contribution in [0.4, 0.5) is 5.69 Å². The van der Waals surface area contributed by atoms with Crippen molar-refractivity contribution < 1.29 is 14.7 Å². The van der Waals surface area contributed by atoms with Gasteiger partial charge in [-0.25, -0.2) is 0 Å². The zero-order chi connectivity index (χ0) is 17.8. The number of nitrogens with zero attached hydrogens (tertiary/aromatic N) is 2. The van der Waals surface area contributed by atoms with Crippen molar-refractivity contribution in [3.63, 3.8) is 0 Å². The van der Waals surface area contributed by atoms with Crippen LogP contribution in [-0.4, -0.2) is 52.9 Å². The monoisotopic (exact) mass is 339 g/mol. The van der Waals surface area contributed by atoms with Crippen molar-refractivity contribution in [2.45, 2.75) is 6.42 Å². The smallest absolute Gasteiger partial charge is 0.254 e. The van der Waals surface area contributed by atoms with E-state index in [1.54, 1.807) is 34.1 Å². The molecule has 6 nitrogen and oxygen atoms in total. The first-order valence-electron chi connectivity index (χ1n) is 8.23. The van der Waals surface area contributed by atoms with E-state index < -0.39 is 0 Å². The summed E-state index contributed by atoms with van der Waals surface area (Å²) in [6.07, 6.45) is 0.334. The highest BCUT2D eigenvalue weighted by Crippen LogP contribution is 2.15. The van der Waals surface area contributed by atoms with Gasteiger partial charge in [0.25, 0.3) is 5.91 Å². The molecule has 0 radical (unpaired) electrons. The molecule has 3 N–H and O–H groups in total. The third-order valence-corrected chi connectivity index (χ3v) is 4.35. The van der Waals surface area contributed by atoms with Gasteiger partial charge in [0.2, 0.25) is 5.91 Å². The lowest BCUT2D eigenvalue weighted by molar-refractivity contribution is -0.131. The van der Waals surface area contributed by atoms with Gasteiger partial charge in [-0.3, -0.25) is 9.59 Å². The highest BCUT2D eigenvalue weighted by atomic mass is 16.3. The summed E-state index contributed by atoms with van der Waals surface area (Å²) < 4.78 is 0. The molecule has 1 saturated heterocycles. The summed E-state index contributed by atoms with van der Waals surface area (Å²) in [5, 5.41) is 9.50. The topological polar surface area (TPSA) is 86.9 Å². The summed E-state index contributed by atoms with van der Waals surface area (Å²) in [6, 6.07) is 13.6. The van der Waals surface area contributed by atoms with Gasteiger partial charge in [-0.1, -0.05) is 18.2 Å². The molecule has 0 bridgehead atoms. The number of benzene rings is 2. The van der Waals surface area contributed by atoms with Gasteiger partial charge in [0.05, 0.1) is 6.42 Å². The SMILES string of the molecule is Nc1ccc(CC(=O)N2CCN(C(=O)c3cccc(O)c3)CC2)cc1. The number of hydrogen-bond donors (Lipinski definition) is 2. The minimum absolute atomic E-state index is 0.0502. The summed E-state index contributed by atoms with van der Waals surface area (Å²) in [7, 11) is 0. The van der Waals surface area contributed by atoms with Crippen LogP contribution >= 0.6 is 0 Å². The first-order chi connectivity index (χ1) is 12.0. The van der Waals surface area contributed by atoms with Gasteiger partial charge in [0.15, 0.2) is 0 Å². The highest BCUT2D eigenvalue weighted by molar-refractivity contribution is 5.94. The van der Waals surface area contributed by atoms with E-state index in [-0.39, 0.29) is 17.6 Å². The van der Waals surface area contributed by atoms with Crippen LogP contribution in [0, 0.1) is 0 Å². The maximum absolute atomic E-state index is 12.5. The Morgan fingerprint density at radius 1 is 0.960 bits per heavy atom. The summed E-state index contributed by atoms with van der Waals surface area (Å²) in [5.74, 6) is -0.000999. The molecule has 130 valence electrons. The molecule has 0 saturated carbocycles. The second-order valence-corrected chi connectivity index (χ2v) is 6.14. The minimum Gasteiger partial charge on any atom is -0.508 e. The number of carbonyl (C=O) groups excluding carboxylic acids is 2. The van der Waals surface area contributed by atoms with Crippen LogP contribution in [0.15, 0.2) is 48.5 Å². The normalized spacial score (nSPS) is 14.4. The fourth-order valence-electron chi connectivity index (χ4n) is 2.90. The molecule has 0 aromatic heterocycles. The van der Waals surface area contributed by atoms with Crippen molar-refractivity contribution in [1.29, 1.82) is 0 Å². The molecule has 0 aliphatic carbocycles. The lowest BCUT2D eigenvalue weighted by Crippen LogP contribution is -2.51. The van der Waals surface area contributed by atoms with Gasteiger partial charge in [0.1, 0.15) is 5.75 Å². The first-order valence-corrected chi connectivity index (χ1v) is 8.23. The number of rotatable bonds is 3. The number of amides is 2.